The fourth-order valence-corrected chi connectivity index (χ4v) is 1.10. The van der Waals surface area contributed by atoms with Crippen molar-refractivity contribution in [3.63, 3.8) is 0 Å². The summed E-state index contributed by atoms with van der Waals surface area (Å²) in [5.74, 6) is 0. The van der Waals surface area contributed by atoms with Crippen molar-refractivity contribution in [1.29, 1.82) is 0 Å². The van der Waals surface area contributed by atoms with Crippen molar-refractivity contribution in [2.45, 2.75) is 19.1 Å². The Labute approximate surface area is 61.6 Å². The molecule has 10 heavy (non-hydrogen) atoms. The van der Waals surface area contributed by atoms with Crippen LogP contribution >= 0.6 is 0 Å². The minimum Gasteiger partial charge on any atom is -0.391 e. The predicted molar refractivity (Wildman–Crippen MR) is 38.9 cm³/mol. The van der Waals surface area contributed by atoms with Gasteiger partial charge in [-0.05, 0) is 14.0 Å². The van der Waals surface area contributed by atoms with E-state index in [0.717, 1.165) is 19.7 Å². The van der Waals surface area contributed by atoms with Crippen LogP contribution in [0.2, 0.25) is 0 Å². The maximum Gasteiger partial charge on any atom is 0.0958 e. The third kappa shape index (κ3) is 1.94. The Balaban J connectivity index is 2.32. The first-order valence-corrected chi connectivity index (χ1v) is 3.68. The molecular formula is C7H15NO2. The summed E-state index contributed by atoms with van der Waals surface area (Å²) in [6.07, 6.45) is -0.332. The minimum absolute atomic E-state index is 0.0127. The molecule has 1 rings (SSSR count). The van der Waals surface area contributed by atoms with Crippen LogP contribution in [0, 0.1) is 0 Å². The van der Waals surface area contributed by atoms with Gasteiger partial charge >= 0.3 is 0 Å². The fourth-order valence-electron chi connectivity index (χ4n) is 1.10. The number of morpholine rings is 1. The molecule has 60 valence electrons. The first kappa shape index (κ1) is 7.98. The topological polar surface area (TPSA) is 32.7 Å². The number of nitrogens with zero attached hydrogens (tertiary/aromatic N) is 1. The number of hydrogen-bond acceptors (Lipinski definition) is 3. The zero-order valence-corrected chi connectivity index (χ0v) is 6.58. The number of hydrogen-bond donors (Lipinski definition) is 1. The van der Waals surface area contributed by atoms with Crippen molar-refractivity contribution in [3.8, 4) is 0 Å². The molecule has 0 aliphatic carbocycles. The molecule has 0 aromatic carbocycles. The lowest BCUT2D eigenvalue weighted by molar-refractivity contribution is -0.0767. The van der Waals surface area contributed by atoms with Gasteiger partial charge in [0, 0.05) is 13.1 Å². The van der Waals surface area contributed by atoms with E-state index in [0.29, 0.717) is 0 Å². The van der Waals surface area contributed by atoms with Gasteiger partial charge in [0.05, 0.1) is 18.8 Å². The smallest absolute Gasteiger partial charge is 0.0958 e. The van der Waals surface area contributed by atoms with E-state index in [2.05, 4.69) is 4.90 Å². The molecule has 0 amide bonds. The molecule has 2 unspecified atom stereocenters. The molecular weight excluding hydrogens is 130 g/mol. The zero-order chi connectivity index (χ0) is 7.56. The van der Waals surface area contributed by atoms with E-state index in [4.69, 9.17) is 9.84 Å². The summed E-state index contributed by atoms with van der Waals surface area (Å²) in [4.78, 5) is 2.17. The number of rotatable bonds is 1. The van der Waals surface area contributed by atoms with Gasteiger partial charge in [-0.2, -0.15) is 0 Å². The van der Waals surface area contributed by atoms with Crippen molar-refractivity contribution in [2.24, 2.45) is 0 Å². The van der Waals surface area contributed by atoms with Crippen LogP contribution in [0.4, 0.5) is 0 Å². The van der Waals surface area contributed by atoms with Gasteiger partial charge in [0.2, 0.25) is 0 Å². The number of aliphatic hydroxyl groups is 1. The van der Waals surface area contributed by atoms with Crippen LogP contribution in [0.15, 0.2) is 0 Å². The SMILES string of the molecule is CC(O)C1CN(C)CCO1. The second-order valence-corrected chi connectivity index (χ2v) is 2.91. The second-order valence-electron chi connectivity index (χ2n) is 2.91. The minimum atomic E-state index is -0.345. The first-order valence-electron chi connectivity index (χ1n) is 3.68. The summed E-state index contributed by atoms with van der Waals surface area (Å²) < 4.78 is 5.32. The van der Waals surface area contributed by atoms with E-state index in [1.807, 2.05) is 7.05 Å². The predicted octanol–water partition coefficient (Wildman–Crippen LogP) is -0.302. The first-order chi connectivity index (χ1) is 4.70. The summed E-state index contributed by atoms with van der Waals surface area (Å²) in [5, 5.41) is 9.14. The van der Waals surface area contributed by atoms with E-state index in [9.17, 15) is 0 Å². The van der Waals surface area contributed by atoms with Crippen molar-refractivity contribution < 1.29 is 9.84 Å². The second kappa shape index (κ2) is 3.32. The Kier molecular flexibility index (Phi) is 2.65. The molecule has 1 heterocycles. The van der Waals surface area contributed by atoms with Crippen molar-refractivity contribution in [3.05, 3.63) is 0 Å². The molecule has 1 fully saturated rings. The molecule has 3 heteroatoms. The van der Waals surface area contributed by atoms with Gasteiger partial charge in [0.1, 0.15) is 0 Å². The van der Waals surface area contributed by atoms with E-state index < -0.39 is 0 Å². The maximum absolute atomic E-state index is 9.14. The zero-order valence-electron chi connectivity index (χ0n) is 6.58. The Hall–Kier alpha value is -0.120. The normalized spacial score (nSPS) is 32.1. The molecule has 1 aliphatic rings. The van der Waals surface area contributed by atoms with Gasteiger partial charge in [-0.25, -0.2) is 0 Å². The van der Waals surface area contributed by atoms with Gasteiger partial charge in [0.25, 0.3) is 0 Å². The summed E-state index contributed by atoms with van der Waals surface area (Å²) >= 11 is 0. The third-order valence-corrected chi connectivity index (χ3v) is 1.83. The largest absolute Gasteiger partial charge is 0.391 e. The Morgan fingerprint density at radius 3 is 2.80 bits per heavy atom. The monoisotopic (exact) mass is 145 g/mol. The molecule has 0 saturated carbocycles. The molecule has 2 atom stereocenters. The van der Waals surface area contributed by atoms with Crippen LogP contribution < -0.4 is 0 Å². The number of ether oxygens (including phenoxy) is 1. The van der Waals surface area contributed by atoms with Gasteiger partial charge in [-0.15, -0.1) is 0 Å². The van der Waals surface area contributed by atoms with Gasteiger partial charge in [-0.3, -0.25) is 0 Å². The third-order valence-electron chi connectivity index (χ3n) is 1.83. The lowest BCUT2D eigenvalue weighted by Gasteiger charge is -2.31. The molecule has 1 saturated heterocycles. The van der Waals surface area contributed by atoms with E-state index in [1.54, 1.807) is 6.92 Å². The van der Waals surface area contributed by atoms with Crippen LogP contribution in [-0.2, 0) is 4.74 Å². The number of likely N-dealkylation sites (N-methyl/N-ethyl adjacent to an activating group) is 1. The van der Waals surface area contributed by atoms with Gasteiger partial charge in [-0.1, -0.05) is 0 Å². The van der Waals surface area contributed by atoms with Crippen LogP contribution in [0.1, 0.15) is 6.92 Å². The van der Waals surface area contributed by atoms with E-state index in [-0.39, 0.29) is 12.2 Å². The average molecular weight is 145 g/mol. The maximum atomic E-state index is 9.14. The highest BCUT2D eigenvalue weighted by molar-refractivity contribution is 4.72. The van der Waals surface area contributed by atoms with Crippen LogP contribution in [-0.4, -0.2) is 49.0 Å². The van der Waals surface area contributed by atoms with Crippen molar-refractivity contribution in [2.75, 3.05) is 26.7 Å². The quantitative estimate of drug-likeness (QED) is 0.550. The van der Waals surface area contributed by atoms with Crippen LogP contribution in [0.3, 0.4) is 0 Å². The summed E-state index contributed by atoms with van der Waals surface area (Å²) in [6, 6.07) is 0. The van der Waals surface area contributed by atoms with Crippen LogP contribution in [0.5, 0.6) is 0 Å². The molecule has 0 radical (unpaired) electrons. The lowest BCUT2D eigenvalue weighted by atomic mass is 10.2. The van der Waals surface area contributed by atoms with E-state index in [1.165, 1.54) is 0 Å². The van der Waals surface area contributed by atoms with Crippen LogP contribution in [0.25, 0.3) is 0 Å². The van der Waals surface area contributed by atoms with Gasteiger partial charge < -0.3 is 14.7 Å². The van der Waals surface area contributed by atoms with Crippen molar-refractivity contribution in [1.82, 2.24) is 4.90 Å². The Bertz CT molecular complexity index is 106. The molecule has 0 bridgehead atoms. The Morgan fingerprint density at radius 2 is 2.40 bits per heavy atom. The Morgan fingerprint density at radius 1 is 1.70 bits per heavy atom. The van der Waals surface area contributed by atoms with Gasteiger partial charge in [0.15, 0.2) is 0 Å². The molecule has 0 aromatic heterocycles. The summed E-state index contributed by atoms with van der Waals surface area (Å²) in [5.41, 5.74) is 0. The van der Waals surface area contributed by atoms with E-state index >= 15 is 0 Å². The molecule has 1 aliphatic heterocycles. The number of aliphatic hydroxyl groups excluding tert-OH is 1. The highest BCUT2D eigenvalue weighted by atomic mass is 16.5. The highest BCUT2D eigenvalue weighted by Crippen LogP contribution is 2.06. The standard InChI is InChI=1S/C7H15NO2/c1-6(9)7-5-8(2)3-4-10-7/h6-7,9H,3-5H2,1-2H3. The summed E-state index contributed by atoms with van der Waals surface area (Å²) in [7, 11) is 2.04. The summed E-state index contributed by atoms with van der Waals surface area (Å²) in [6.45, 7) is 4.33. The molecule has 0 spiro atoms. The fraction of sp³-hybridized carbons (Fsp3) is 1.00. The molecule has 0 aromatic rings. The molecule has 1 N–H and O–H groups in total. The lowest BCUT2D eigenvalue weighted by Crippen LogP contribution is -2.44. The molecule has 3 nitrogen and oxygen atoms in total. The van der Waals surface area contributed by atoms with Crippen molar-refractivity contribution >= 4 is 0 Å². The highest BCUT2D eigenvalue weighted by Gasteiger charge is 2.21. The average Bonchev–Trinajstić information content (AvgIpc) is 1.88.